The fourth-order valence-corrected chi connectivity index (χ4v) is 2.16. The number of aliphatic imine (C=N–C) groups is 1. The third kappa shape index (κ3) is 1.90. The third-order valence-electron chi connectivity index (χ3n) is 3.33. The minimum absolute atomic E-state index is 0.0372. The van der Waals surface area contributed by atoms with Gasteiger partial charge in [-0.05, 0) is 29.9 Å². The second-order valence-corrected chi connectivity index (χ2v) is 4.58. The first-order chi connectivity index (χ1) is 8.28. The number of amides is 1. The van der Waals surface area contributed by atoms with Gasteiger partial charge in [-0.3, -0.25) is 15.1 Å². The molecule has 2 fully saturated rings. The Balaban J connectivity index is 1.81. The van der Waals surface area contributed by atoms with E-state index in [2.05, 4.69) is 27.8 Å². The Morgan fingerprint density at radius 2 is 1.82 bits per heavy atom. The third-order valence-corrected chi connectivity index (χ3v) is 3.33. The molecule has 1 saturated carbocycles. The van der Waals surface area contributed by atoms with E-state index in [9.17, 15) is 4.79 Å². The lowest BCUT2D eigenvalue weighted by Crippen LogP contribution is -2.24. The molecule has 88 valence electrons. The van der Waals surface area contributed by atoms with Gasteiger partial charge in [-0.25, -0.2) is 0 Å². The number of carbonyl (C=O) groups excluding carboxylic acids is 1. The number of nitrogens with one attached hydrogen (secondary N) is 2. The van der Waals surface area contributed by atoms with E-state index in [1.807, 2.05) is 12.1 Å². The number of benzene rings is 1. The average molecular weight is 229 g/mol. The molecule has 1 aromatic rings. The van der Waals surface area contributed by atoms with E-state index in [1.165, 1.54) is 18.4 Å². The van der Waals surface area contributed by atoms with Gasteiger partial charge in [-0.2, -0.15) is 0 Å². The molecule has 2 aliphatic rings. The molecule has 0 aromatic heterocycles. The predicted octanol–water partition coefficient (Wildman–Crippen LogP) is 1.31. The van der Waals surface area contributed by atoms with Crippen LogP contribution in [0.25, 0.3) is 0 Å². The maximum atomic E-state index is 11.7. The molecule has 4 nitrogen and oxygen atoms in total. The van der Waals surface area contributed by atoms with Crippen molar-refractivity contribution in [1.82, 2.24) is 10.6 Å². The summed E-state index contributed by atoms with van der Waals surface area (Å²) >= 11 is 0. The molecule has 1 atom stereocenters. The van der Waals surface area contributed by atoms with Gasteiger partial charge in [0.1, 0.15) is 6.04 Å². The van der Waals surface area contributed by atoms with Crippen LogP contribution in [-0.4, -0.2) is 18.9 Å². The quantitative estimate of drug-likeness (QED) is 0.803. The van der Waals surface area contributed by atoms with Crippen LogP contribution in [0.4, 0.5) is 0 Å². The molecule has 0 bridgehead atoms. The molecule has 4 heteroatoms. The summed E-state index contributed by atoms with van der Waals surface area (Å²) in [6, 6.07) is 8.01. The Kier molecular flexibility index (Phi) is 2.35. The van der Waals surface area contributed by atoms with Crippen LogP contribution in [0.3, 0.4) is 0 Å². The summed E-state index contributed by atoms with van der Waals surface area (Å²) in [5.41, 5.74) is 2.38. The first-order valence-electron chi connectivity index (χ1n) is 5.92. The van der Waals surface area contributed by atoms with Gasteiger partial charge >= 0.3 is 0 Å². The zero-order valence-corrected chi connectivity index (χ0v) is 9.73. The normalized spacial score (nSPS) is 25.8. The Morgan fingerprint density at radius 3 is 2.35 bits per heavy atom. The van der Waals surface area contributed by atoms with Crippen LogP contribution in [0, 0.1) is 0 Å². The number of guanidine groups is 1. The molecule has 0 spiro atoms. The number of hydrogen-bond acceptors (Lipinski definition) is 2. The Bertz CT molecular complexity index is 474. The standard InChI is InChI=1S/C13H15N3O/c1-14-13-15-11(12(17)16-13)10-6-4-9(5-7-10)8-2-3-8/h4-8,11H,2-3H2,1H3,(H2,14,15,16,17). The van der Waals surface area contributed by atoms with Gasteiger partial charge in [0.25, 0.3) is 5.91 Å². The van der Waals surface area contributed by atoms with E-state index in [4.69, 9.17) is 0 Å². The summed E-state index contributed by atoms with van der Waals surface area (Å²) in [5.74, 6) is 1.26. The van der Waals surface area contributed by atoms with E-state index in [-0.39, 0.29) is 11.9 Å². The summed E-state index contributed by atoms with van der Waals surface area (Å²) < 4.78 is 0. The van der Waals surface area contributed by atoms with Gasteiger partial charge in [-0.15, -0.1) is 0 Å². The highest BCUT2D eigenvalue weighted by Gasteiger charge is 2.30. The van der Waals surface area contributed by atoms with E-state index in [0.717, 1.165) is 11.5 Å². The van der Waals surface area contributed by atoms with Crippen LogP contribution in [-0.2, 0) is 4.79 Å². The Hall–Kier alpha value is -1.84. The summed E-state index contributed by atoms with van der Waals surface area (Å²) in [6.07, 6.45) is 2.60. The van der Waals surface area contributed by atoms with Crippen molar-refractivity contribution in [3.8, 4) is 0 Å². The highest BCUT2D eigenvalue weighted by atomic mass is 16.2. The van der Waals surface area contributed by atoms with Crippen molar-refractivity contribution in [2.24, 2.45) is 4.99 Å². The molecule has 1 unspecified atom stereocenters. The van der Waals surface area contributed by atoms with Crippen molar-refractivity contribution in [2.45, 2.75) is 24.8 Å². The van der Waals surface area contributed by atoms with Crippen molar-refractivity contribution in [3.63, 3.8) is 0 Å². The highest BCUT2D eigenvalue weighted by Crippen LogP contribution is 2.40. The molecule has 17 heavy (non-hydrogen) atoms. The summed E-state index contributed by atoms with van der Waals surface area (Å²) in [6.45, 7) is 0. The smallest absolute Gasteiger partial charge is 0.253 e. The Morgan fingerprint density at radius 1 is 1.18 bits per heavy atom. The van der Waals surface area contributed by atoms with Crippen LogP contribution in [0.1, 0.15) is 35.9 Å². The maximum absolute atomic E-state index is 11.7. The molecule has 1 aliphatic heterocycles. The van der Waals surface area contributed by atoms with E-state index >= 15 is 0 Å². The minimum Gasteiger partial charge on any atom is -0.340 e. The van der Waals surface area contributed by atoms with Gasteiger partial charge in [0.15, 0.2) is 5.96 Å². The van der Waals surface area contributed by atoms with Crippen LogP contribution in [0.15, 0.2) is 29.3 Å². The molecule has 1 saturated heterocycles. The van der Waals surface area contributed by atoms with E-state index in [1.54, 1.807) is 7.05 Å². The van der Waals surface area contributed by atoms with E-state index < -0.39 is 0 Å². The van der Waals surface area contributed by atoms with Crippen LogP contribution < -0.4 is 10.6 Å². The zero-order valence-electron chi connectivity index (χ0n) is 9.73. The monoisotopic (exact) mass is 229 g/mol. The van der Waals surface area contributed by atoms with Crippen molar-refractivity contribution in [3.05, 3.63) is 35.4 Å². The number of hydrogen-bond donors (Lipinski definition) is 2. The molecule has 1 heterocycles. The van der Waals surface area contributed by atoms with Crippen molar-refractivity contribution < 1.29 is 4.79 Å². The van der Waals surface area contributed by atoms with Crippen LogP contribution in [0.2, 0.25) is 0 Å². The molecular formula is C13H15N3O. The van der Waals surface area contributed by atoms with Gasteiger partial charge in [0.05, 0.1) is 0 Å². The first kappa shape index (κ1) is 10.3. The number of nitrogens with zero attached hydrogens (tertiary/aromatic N) is 1. The fraction of sp³-hybridized carbons (Fsp3) is 0.385. The topological polar surface area (TPSA) is 53.5 Å². The van der Waals surface area contributed by atoms with Gasteiger partial charge in [-0.1, -0.05) is 24.3 Å². The molecule has 1 aliphatic carbocycles. The highest BCUT2D eigenvalue weighted by molar-refractivity contribution is 6.06. The predicted molar refractivity (Wildman–Crippen MR) is 65.8 cm³/mol. The summed E-state index contributed by atoms with van der Waals surface area (Å²) in [4.78, 5) is 15.7. The fourth-order valence-electron chi connectivity index (χ4n) is 2.16. The molecule has 1 amide bonds. The SMILES string of the molecule is CN=C1NC(=O)C(c2ccc(C3CC3)cc2)N1. The van der Waals surface area contributed by atoms with Crippen molar-refractivity contribution in [1.29, 1.82) is 0 Å². The first-order valence-corrected chi connectivity index (χ1v) is 5.92. The molecule has 2 N–H and O–H groups in total. The molecular weight excluding hydrogens is 214 g/mol. The molecule has 3 rings (SSSR count). The van der Waals surface area contributed by atoms with Gasteiger partial charge < -0.3 is 5.32 Å². The number of rotatable bonds is 2. The second-order valence-electron chi connectivity index (χ2n) is 4.58. The van der Waals surface area contributed by atoms with E-state index in [0.29, 0.717) is 5.96 Å². The summed E-state index contributed by atoms with van der Waals surface area (Å²) in [5, 5.41) is 5.76. The minimum atomic E-state index is -0.304. The van der Waals surface area contributed by atoms with Crippen molar-refractivity contribution in [2.75, 3.05) is 7.05 Å². The largest absolute Gasteiger partial charge is 0.340 e. The van der Waals surface area contributed by atoms with Gasteiger partial charge in [0, 0.05) is 7.05 Å². The summed E-state index contributed by atoms with van der Waals surface area (Å²) in [7, 11) is 1.65. The number of carbonyl (C=O) groups is 1. The van der Waals surface area contributed by atoms with Crippen LogP contribution in [0.5, 0.6) is 0 Å². The van der Waals surface area contributed by atoms with Crippen molar-refractivity contribution >= 4 is 11.9 Å². The zero-order chi connectivity index (χ0) is 11.8. The lowest BCUT2D eigenvalue weighted by atomic mass is 10.0. The molecule has 1 aromatic carbocycles. The lowest BCUT2D eigenvalue weighted by molar-refractivity contribution is -0.120. The second kappa shape index (κ2) is 3.87. The van der Waals surface area contributed by atoms with Crippen LogP contribution >= 0.6 is 0 Å². The lowest BCUT2D eigenvalue weighted by Gasteiger charge is -2.08. The maximum Gasteiger partial charge on any atom is 0.253 e. The molecule has 0 radical (unpaired) electrons. The average Bonchev–Trinajstić information content (AvgIpc) is 3.13. The van der Waals surface area contributed by atoms with Gasteiger partial charge in [0.2, 0.25) is 0 Å². The Labute approximate surface area is 100 Å².